The molecule has 0 aliphatic carbocycles. The number of aromatic hydroxyl groups is 10. The maximum Gasteiger partial charge on any atom is 0.201 e. The molecular weight excluding hydrogens is 839 g/mol. The van der Waals surface area contributed by atoms with Gasteiger partial charge in [0.25, 0.3) is 0 Å². The summed E-state index contributed by atoms with van der Waals surface area (Å²) in [5.41, 5.74) is 6.49. The summed E-state index contributed by atoms with van der Waals surface area (Å²) in [6, 6.07) is 24.9. The largest absolute Gasteiger partial charge is 0.509 e. The molecule has 0 unspecified atom stereocenters. The Balaban J connectivity index is 1.34. The van der Waals surface area contributed by atoms with E-state index in [2.05, 4.69) is 9.97 Å². The first kappa shape index (κ1) is 42.5. The summed E-state index contributed by atoms with van der Waals surface area (Å²) in [5, 5.41) is 114. The summed E-state index contributed by atoms with van der Waals surface area (Å²) < 4.78 is 0.0958. The molecule has 10 N–H and O–H groups in total. The van der Waals surface area contributed by atoms with Crippen LogP contribution in [0.15, 0.2) is 78.9 Å². The molecule has 65 heavy (non-hydrogen) atoms. The van der Waals surface area contributed by atoms with Gasteiger partial charge in [0.2, 0.25) is 11.5 Å². The Morgan fingerprint density at radius 1 is 0.308 bits per heavy atom. The minimum atomic E-state index is -1.05. The molecule has 7 aromatic carbocycles. The molecule has 2 aromatic heterocycles. The van der Waals surface area contributed by atoms with Gasteiger partial charge in [0.1, 0.15) is 58.6 Å². The van der Waals surface area contributed by atoms with Crippen molar-refractivity contribution in [3.63, 3.8) is 0 Å². The van der Waals surface area contributed by atoms with Crippen LogP contribution in [0.2, 0.25) is 0 Å². The molecule has 0 saturated heterocycles. The van der Waals surface area contributed by atoms with Crippen LogP contribution < -0.4 is 32.8 Å². The lowest BCUT2D eigenvalue weighted by Gasteiger charge is -2.19. The summed E-state index contributed by atoms with van der Waals surface area (Å²) in [6.45, 7) is 0. The average molecular weight is 875 g/mol. The second kappa shape index (κ2) is 15.5. The van der Waals surface area contributed by atoms with E-state index in [-0.39, 0.29) is 82.3 Å². The monoisotopic (exact) mass is 875 g/mol. The number of hydrogen-bond donors (Lipinski definition) is 10. The fraction of sp³-hybridized carbons (Fsp3) is 0. The maximum absolute atomic E-state index is 11.8. The molecule has 9 rings (SSSR count). The van der Waals surface area contributed by atoms with Crippen molar-refractivity contribution in [1.29, 1.82) is 0 Å². The smallest absolute Gasteiger partial charge is 0.201 e. The lowest BCUT2D eigenvalue weighted by atomic mass is 9.65. The topological polar surface area (TPSA) is 241 Å². The standard InChI is InChI=1S/C45H35B6N3O10S/c46-25-22(31(55)29(50)28(49)27(25)48)43-52-44(23-26(47)37(61)30(51)38(62)35(23)59)54-45(53-43)24-36(60)40(64)34(58)21-20-33(57)39(63)32(56)19(41(20)65-42(21)24)18-8-4-7-17(13-18)16-11-9-15(10-12-16)14-5-2-1-3-6-14/h1-13,55-64H,46-51H2. The molecule has 13 nitrogen and oxygen atoms in total. The molecule has 20 heteroatoms. The molecule has 0 bridgehead atoms. The molecule has 0 radical (unpaired) electrons. The van der Waals surface area contributed by atoms with Crippen molar-refractivity contribution in [2.75, 3.05) is 0 Å². The highest BCUT2D eigenvalue weighted by Gasteiger charge is 2.33. The zero-order valence-electron chi connectivity index (χ0n) is 35.7. The molecular formula is C45H35B6N3O10S. The SMILES string of the molecule is Bc1c(B)c(B)c(-c2nc(-c3c(B)c(O)c(B)c(O)c3O)nc(-c3c(O)c(O)c(O)c4c3sc3c(-c5cccc(-c6ccc(-c7ccccc7)cc6)c5)c(O)c(O)c(O)c34)n2)c(O)c1B. The molecule has 0 fully saturated rings. The summed E-state index contributed by atoms with van der Waals surface area (Å²) in [7, 11) is 10.0. The number of aromatic nitrogens is 3. The number of rotatable bonds is 6. The van der Waals surface area contributed by atoms with E-state index in [9.17, 15) is 51.1 Å². The van der Waals surface area contributed by atoms with Crippen molar-refractivity contribution in [2.24, 2.45) is 0 Å². The third-order valence-electron chi connectivity index (χ3n) is 12.5. The van der Waals surface area contributed by atoms with Crippen molar-refractivity contribution < 1.29 is 51.1 Å². The molecule has 0 saturated carbocycles. The first-order chi connectivity index (χ1) is 30.9. The fourth-order valence-electron chi connectivity index (χ4n) is 8.50. The zero-order chi connectivity index (χ0) is 46.5. The molecule has 0 amide bonds. The van der Waals surface area contributed by atoms with Gasteiger partial charge >= 0.3 is 0 Å². The van der Waals surface area contributed by atoms with Gasteiger partial charge in [-0.3, -0.25) is 0 Å². The molecule has 9 aromatic rings. The van der Waals surface area contributed by atoms with Crippen molar-refractivity contribution in [2.45, 2.75) is 0 Å². The van der Waals surface area contributed by atoms with E-state index >= 15 is 0 Å². The summed E-state index contributed by atoms with van der Waals surface area (Å²) in [6.07, 6.45) is 0. The van der Waals surface area contributed by atoms with Crippen LogP contribution in [0.3, 0.4) is 0 Å². The van der Waals surface area contributed by atoms with Gasteiger partial charge in [0, 0.05) is 5.56 Å². The number of benzene rings is 7. The maximum atomic E-state index is 11.8. The first-order valence-electron chi connectivity index (χ1n) is 20.3. The summed E-state index contributed by atoms with van der Waals surface area (Å²) in [5.74, 6) is -8.01. The number of nitrogens with zero attached hydrogens (tertiary/aromatic N) is 3. The Labute approximate surface area is 379 Å². The van der Waals surface area contributed by atoms with Crippen LogP contribution in [-0.2, 0) is 0 Å². The number of phenols is 10. The predicted octanol–water partition coefficient (Wildman–Crippen LogP) is -1.15. The zero-order valence-corrected chi connectivity index (χ0v) is 36.5. The molecule has 0 aliphatic heterocycles. The average Bonchev–Trinajstić information content (AvgIpc) is 3.70. The highest BCUT2D eigenvalue weighted by Crippen LogP contribution is 2.60. The lowest BCUT2D eigenvalue weighted by Crippen LogP contribution is -2.48. The van der Waals surface area contributed by atoms with Crippen molar-refractivity contribution in [1.82, 2.24) is 15.0 Å². The van der Waals surface area contributed by atoms with Crippen LogP contribution >= 0.6 is 11.3 Å². The van der Waals surface area contributed by atoms with Gasteiger partial charge in [-0.05, 0) is 44.8 Å². The summed E-state index contributed by atoms with van der Waals surface area (Å²) in [4.78, 5) is 14.0. The third-order valence-corrected chi connectivity index (χ3v) is 13.8. The van der Waals surface area contributed by atoms with Crippen LogP contribution in [-0.4, -0.2) is 113 Å². The van der Waals surface area contributed by atoms with Gasteiger partial charge in [-0.1, -0.05) is 89.2 Å². The van der Waals surface area contributed by atoms with Crippen LogP contribution in [0.5, 0.6) is 57.5 Å². The van der Waals surface area contributed by atoms with Crippen molar-refractivity contribution >= 4 is 111 Å². The van der Waals surface area contributed by atoms with Gasteiger partial charge in [-0.15, -0.1) is 16.8 Å². The minimum absolute atomic E-state index is 0.0155. The Morgan fingerprint density at radius 3 is 1.32 bits per heavy atom. The van der Waals surface area contributed by atoms with E-state index < -0.39 is 46.0 Å². The van der Waals surface area contributed by atoms with Gasteiger partial charge < -0.3 is 51.1 Å². The van der Waals surface area contributed by atoms with Crippen molar-refractivity contribution in [3.8, 4) is 125 Å². The van der Waals surface area contributed by atoms with Gasteiger partial charge in [-0.25, -0.2) is 15.0 Å². The van der Waals surface area contributed by atoms with Gasteiger partial charge in [0.15, 0.2) is 52.0 Å². The minimum Gasteiger partial charge on any atom is -0.509 e. The lowest BCUT2D eigenvalue weighted by molar-refractivity contribution is 0.370. The van der Waals surface area contributed by atoms with Crippen LogP contribution in [0.4, 0.5) is 0 Å². The number of hydrogen-bond acceptors (Lipinski definition) is 14. The molecule has 0 spiro atoms. The quantitative estimate of drug-likeness (QED) is 0.0540. The summed E-state index contributed by atoms with van der Waals surface area (Å²) >= 11 is 0.868. The predicted molar refractivity (Wildman–Crippen MR) is 271 cm³/mol. The fourth-order valence-corrected chi connectivity index (χ4v) is 9.91. The number of fused-ring (bicyclic) bond motifs is 3. The third kappa shape index (κ3) is 6.42. The van der Waals surface area contributed by atoms with Crippen molar-refractivity contribution in [3.05, 3.63) is 78.9 Å². The molecule has 0 aliphatic rings. The van der Waals surface area contributed by atoms with Crippen LogP contribution in [0, 0.1) is 0 Å². The number of thiophene rings is 1. The number of phenolic OH excluding ortho intramolecular Hbond substituents is 10. The molecule has 0 atom stereocenters. The van der Waals surface area contributed by atoms with Crippen LogP contribution in [0.1, 0.15) is 0 Å². The van der Waals surface area contributed by atoms with Gasteiger partial charge in [0.05, 0.1) is 36.9 Å². The molecule has 314 valence electrons. The van der Waals surface area contributed by atoms with E-state index in [0.717, 1.165) is 44.5 Å². The van der Waals surface area contributed by atoms with E-state index in [1.807, 2.05) is 76.4 Å². The Hall–Kier alpha value is -7.84. The first-order valence-corrected chi connectivity index (χ1v) is 21.1. The second-order valence-corrected chi connectivity index (χ2v) is 17.1. The van der Waals surface area contributed by atoms with Gasteiger partial charge in [-0.2, -0.15) is 0 Å². The van der Waals surface area contributed by atoms with E-state index in [1.54, 1.807) is 33.9 Å². The van der Waals surface area contributed by atoms with E-state index in [4.69, 9.17) is 4.98 Å². The highest BCUT2D eigenvalue weighted by atomic mass is 32.1. The van der Waals surface area contributed by atoms with Crippen LogP contribution in [0.25, 0.3) is 87.7 Å². The second-order valence-electron chi connectivity index (χ2n) is 16.1. The Morgan fingerprint density at radius 2 is 0.738 bits per heavy atom. The highest BCUT2D eigenvalue weighted by molar-refractivity contribution is 7.27. The Kier molecular flexibility index (Phi) is 10.1. The van der Waals surface area contributed by atoms with E-state index in [0.29, 0.717) is 16.5 Å². The van der Waals surface area contributed by atoms with E-state index in [1.165, 1.54) is 15.7 Å². The molecule has 2 heterocycles. The normalized spacial score (nSPS) is 11.4. The Bertz CT molecular complexity index is 3380.